The molecular weight excluding hydrogens is 454 g/mol. The molecule has 5 rings (SSSR count). The van der Waals surface area contributed by atoms with Gasteiger partial charge in [-0.2, -0.15) is 15.2 Å². The van der Waals surface area contributed by atoms with Crippen molar-refractivity contribution < 1.29 is 4.74 Å². The summed E-state index contributed by atoms with van der Waals surface area (Å²) < 4.78 is 5.51. The predicted molar refractivity (Wildman–Crippen MR) is 141 cm³/mol. The summed E-state index contributed by atoms with van der Waals surface area (Å²) in [6.07, 6.45) is 2.53. The van der Waals surface area contributed by atoms with Crippen LogP contribution < -0.4 is 25.6 Å². The van der Waals surface area contributed by atoms with Gasteiger partial charge in [-0.15, -0.1) is 0 Å². The van der Waals surface area contributed by atoms with Crippen LogP contribution in [0.4, 0.5) is 17.2 Å². The Morgan fingerprint density at radius 1 is 1.33 bits per heavy atom. The van der Waals surface area contributed by atoms with Gasteiger partial charge in [0.25, 0.3) is 0 Å². The number of nitrogens with two attached hydrogens (primary N) is 1. The second-order valence-corrected chi connectivity index (χ2v) is 9.62. The standard InChI is InChI=1S/C26H33N9O/c1-16-4-5-21(29)20(12-28)24(16)33-9-7-19-23(15-33)31-26(36-3)32-25(19)34-10-11-35(17(2)22-13-30-22)18(14-34)6-8-27/h4-5,12,18,22,28,30H,2,6-7,9-11,13-15,29H2,1,3H3. The third kappa shape index (κ3) is 4.31. The van der Waals surface area contributed by atoms with Gasteiger partial charge < -0.3 is 35.9 Å². The molecule has 0 amide bonds. The Labute approximate surface area is 211 Å². The molecule has 2 saturated heterocycles. The van der Waals surface area contributed by atoms with Crippen LogP contribution in [0.1, 0.15) is 28.8 Å². The van der Waals surface area contributed by atoms with Gasteiger partial charge in [0.05, 0.1) is 49.6 Å². The van der Waals surface area contributed by atoms with Crippen molar-refractivity contribution in [3.05, 3.63) is 46.8 Å². The van der Waals surface area contributed by atoms with Crippen molar-refractivity contribution in [3.63, 3.8) is 0 Å². The number of fused-ring (bicyclic) bond motifs is 1. The fourth-order valence-electron chi connectivity index (χ4n) is 5.44. The number of nitrogens with zero attached hydrogens (tertiary/aromatic N) is 6. The van der Waals surface area contributed by atoms with Gasteiger partial charge >= 0.3 is 6.01 Å². The lowest BCUT2D eigenvalue weighted by atomic mass is 9.99. The molecule has 0 aliphatic carbocycles. The van der Waals surface area contributed by atoms with Crippen LogP contribution >= 0.6 is 0 Å². The number of methoxy groups -OCH3 is 1. The first-order valence-corrected chi connectivity index (χ1v) is 12.3. The first-order valence-electron chi connectivity index (χ1n) is 12.3. The highest BCUT2D eigenvalue weighted by Gasteiger charge is 2.36. The second-order valence-electron chi connectivity index (χ2n) is 9.62. The minimum absolute atomic E-state index is 0.0560. The van der Waals surface area contributed by atoms with Gasteiger partial charge in [-0.3, -0.25) is 0 Å². The molecule has 2 unspecified atom stereocenters. The van der Waals surface area contributed by atoms with Crippen molar-refractivity contribution in [1.82, 2.24) is 20.2 Å². The highest BCUT2D eigenvalue weighted by atomic mass is 16.5. The molecule has 2 atom stereocenters. The van der Waals surface area contributed by atoms with Crippen LogP contribution in [0.3, 0.4) is 0 Å². The Hall–Kier alpha value is -3.84. The molecule has 1 aromatic carbocycles. The van der Waals surface area contributed by atoms with Gasteiger partial charge in [0.1, 0.15) is 5.82 Å². The summed E-state index contributed by atoms with van der Waals surface area (Å²) in [5, 5.41) is 20.8. The van der Waals surface area contributed by atoms with E-state index in [0.717, 1.165) is 72.2 Å². The maximum absolute atomic E-state index is 9.51. The zero-order valence-electron chi connectivity index (χ0n) is 20.9. The van der Waals surface area contributed by atoms with Gasteiger partial charge in [0.2, 0.25) is 0 Å². The molecule has 36 heavy (non-hydrogen) atoms. The highest BCUT2D eigenvalue weighted by Crippen LogP contribution is 2.36. The molecule has 2 fully saturated rings. The number of benzene rings is 1. The zero-order valence-corrected chi connectivity index (χ0v) is 20.9. The molecule has 4 heterocycles. The molecule has 10 nitrogen and oxygen atoms in total. The van der Waals surface area contributed by atoms with Crippen LogP contribution in [-0.4, -0.2) is 73.0 Å². The van der Waals surface area contributed by atoms with E-state index in [1.807, 2.05) is 19.1 Å². The summed E-state index contributed by atoms with van der Waals surface area (Å²) in [6, 6.07) is 6.94. The fraction of sp³-hybridized carbons (Fsp3) is 0.462. The fourth-order valence-corrected chi connectivity index (χ4v) is 5.44. The van der Waals surface area contributed by atoms with Gasteiger partial charge in [-0.25, -0.2) is 0 Å². The molecule has 10 heteroatoms. The molecule has 4 N–H and O–H groups in total. The Morgan fingerprint density at radius 3 is 2.83 bits per heavy atom. The number of aromatic nitrogens is 2. The van der Waals surface area contributed by atoms with E-state index in [9.17, 15) is 5.26 Å². The maximum atomic E-state index is 9.51. The van der Waals surface area contributed by atoms with Crippen molar-refractivity contribution in [2.24, 2.45) is 0 Å². The molecule has 0 saturated carbocycles. The number of nitrogens with one attached hydrogen (secondary N) is 2. The van der Waals surface area contributed by atoms with Crippen LogP contribution in [-0.2, 0) is 13.0 Å². The number of ether oxygens (including phenoxy) is 1. The number of anilines is 3. The minimum atomic E-state index is 0.0560. The van der Waals surface area contributed by atoms with Gasteiger partial charge in [-0.1, -0.05) is 12.6 Å². The van der Waals surface area contributed by atoms with E-state index in [2.05, 4.69) is 32.7 Å². The summed E-state index contributed by atoms with van der Waals surface area (Å²) in [5.74, 6) is 0.894. The number of nitriles is 1. The van der Waals surface area contributed by atoms with Crippen LogP contribution in [0, 0.1) is 23.7 Å². The Bertz CT molecular complexity index is 1230. The summed E-state index contributed by atoms with van der Waals surface area (Å²) in [5.41, 5.74) is 12.7. The van der Waals surface area contributed by atoms with Crippen LogP contribution in [0.15, 0.2) is 24.4 Å². The number of piperazine rings is 1. The van der Waals surface area contributed by atoms with E-state index in [-0.39, 0.29) is 6.04 Å². The molecule has 1 aromatic heterocycles. The van der Waals surface area contributed by atoms with Crippen molar-refractivity contribution >= 4 is 23.4 Å². The molecule has 0 radical (unpaired) electrons. The molecule has 188 valence electrons. The number of hydrogen-bond acceptors (Lipinski definition) is 10. The van der Waals surface area contributed by atoms with Crippen molar-refractivity contribution in [3.8, 4) is 12.1 Å². The topological polar surface area (TPSA) is 140 Å². The molecular formula is C26H33N9O. The van der Waals surface area contributed by atoms with Gasteiger partial charge in [-0.05, 0) is 25.0 Å². The van der Waals surface area contributed by atoms with Crippen LogP contribution in [0.5, 0.6) is 6.01 Å². The van der Waals surface area contributed by atoms with Crippen molar-refractivity contribution in [1.29, 1.82) is 10.7 Å². The lowest BCUT2D eigenvalue weighted by Crippen LogP contribution is -2.53. The van der Waals surface area contributed by atoms with Gasteiger partial charge in [0, 0.05) is 61.4 Å². The van der Waals surface area contributed by atoms with E-state index >= 15 is 0 Å². The number of hydrogen-bond donors (Lipinski definition) is 3. The largest absolute Gasteiger partial charge is 0.467 e. The number of aryl methyl sites for hydroxylation is 1. The van der Waals surface area contributed by atoms with Crippen LogP contribution in [0.25, 0.3) is 0 Å². The molecule has 2 aromatic rings. The lowest BCUT2D eigenvalue weighted by molar-refractivity contribution is 0.225. The average Bonchev–Trinajstić information content (AvgIpc) is 3.74. The number of nitrogen functional groups attached to an aromatic ring is 1. The minimum Gasteiger partial charge on any atom is -0.467 e. The first-order chi connectivity index (χ1) is 17.4. The second kappa shape index (κ2) is 9.66. The quantitative estimate of drug-likeness (QED) is 0.303. The summed E-state index contributed by atoms with van der Waals surface area (Å²) in [7, 11) is 1.59. The van der Waals surface area contributed by atoms with E-state index in [1.165, 1.54) is 6.21 Å². The summed E-state index contributed by atoms with van der Waals surface area (Å²) in [6.45, 7) is 10.9. The van der Waals surface area contributed by atoms with Gasteiger partial charge in [0.15, 0.2) is 0 Å². The smallest absolute Gasteiger partial charge is 0.318 e. The summed E-state index contributed by atoms with van der Waals surface area (Å²) in [4.78, 5) is 16.3. The Balaban J connectivity index is 1.45. The SMILES string of the molecule is C=C(C1CN1)N1CCN(c2nc(OC)nc3c2CCN(c2c(C)ccc(N)c2C=N)C3)CC1CC#N. The van der Waals surface area contributed by atoms with Crippen molar-refractivity contribution in [2.75, 3.05) is 55.4 Å². The van der Waals surface area contributed by atoms with E-state index < -0.39 is 0 Å². The molecule has 3 aliphatic heterocycles. The maximum Gasteiger partial charge on any atom is 0.318 e. The van der Waals surface area contributed by atoms with Crippen molar-refractivity contribution in [2.45, 2.75) is 38.4 Å². The zero-order chi connectivity index (χ0) is 25.4. The van der Waals surface area contributed by atoms with E-state index in [0.29, 0.717) is 37.3 Å². The average molecular weight is 488 g/mol. The highest BCUT2D eigenvalue weighted by molar-refractivity contribution is 5.94. The third-order valence-electron chi connectivity index (χ3n) is 7.41. The monoisotopic (exact) mass is 487 g/mol. The number of rotatable bonds is 7. The first kappa shape index (κ1) is 23.9. The summed E-state index contributed by atoms with van der Waals surface area (Å²) >= 11 is 0. The Morgan fingerprint density at radius 2 is 2.14 bits per heavy atom. The molecule has 0 spiro atoms. The van der Waals surface area contributed by atoms with Crippen LogP contribution in [0.2, 0.25) is 0 Å². The predicted octanol–water partition coefficient (Wildman–Crippen LogP) is 1.83. The third-order valence-corrected chi connectivity index (χ3v) is 7.41. The Kier molecular flexibility index (Phi) is 6.41. The lowest BCUT2D eigenvalue weighted by Gasteiger charge is -2.44. The normalized spacial score (nSPS) is 21.0. The van der Waals surface area contributed by atoms with E-state index in [4.69, 9.17) is 25.8 Å². The molecule has 0 bridgehead atoms. The molecule has 3 aliphatic rings. The van der Waals surface area contributed by atoms with E-state index in [1.54, 1.807) is 7.11 Å².